The summed E-state index contributed by atoms with van der Waals surface area (Å²) in [6, 6.07) is 14.0. The molecule has 3 heteroatoms. The molecular formula is C13H13NO2. The molecule has 16 heavy (non-hydrogen) atoms. The largest absolute Gasteiger partial charge is 0.465 e. The molecule has 2 rings (SSSR count). The van der Waals surface area contributed by atoms with E-state index in [1.54, 1.807) is 7.05 Å². The smallest absolute Gasteiger partial charge is 0.407 e. The van der Waals surface area contributed by atoms with Crippen LogP contribution in [0.3, 0.4) is 0 Å². The molecule has 2 aromatic rings. The Labute approximate surface area is 93.9 Å². The lowest BCUT2D eigenvalue weighted by molar-refractivity contribution is 0.154. The molecule has 0 aliphatic carbocycles. The Morgan fingerprint density at radius 3 is 2.56 bits per heavy atom. The van der Waals surface area contributed by atoms with Crippen LogP contribution in [-0.4, -0.2) is 23.1 Å². The fraction of sp³-hybridized carbons (Fsp3) is 0.154. The van der Waals surface area contributed by atoms with Crippen LogP contribution in [0.25, 0.3) is 10.8 Å². The lowest BCUT2D eigenvalue weighted by atomic mass is 10.1. The van der Waals surface area contributed by atoms with E-state index in [9.17, 15) is 4.79 Å². The summed E-state index contributed by atoms with van der Waals surface area (Å²) in [6.45, 7) is 0.417. The second-order valence-corrected chi connectivity index (χ2v) is 3.82. The van der Waals surface area contributed by atoms with Gasteiger partial charge in [-0.25, -0.2) is 4.79 Å². The number of hydrogen-bond acceptors (Lipinski definition) is 1. The van der Waals surface area contributed by atoms with Crippen LogP contribution >= 0.6 is 0 Å². The van der Waals surface area contributed by atoms with Gasteiger partial charge in [0.25, 0.3) is 0 Å². The molecule has 0 fully saturated rings. The molecule has 1 N–H and O–H groups in total. The molecule has 0 unspecified atom stereocenters. The first-order chi connectivity index (χ1) is 7.66. The van der Waals surface area contributed by atoms with E-state index in [1.807, 2.05) is 42.5 Å². The number of nitrogens with zero attached hydrogens (tertiary/aromatic N) is 1. The molecule has 0 bridgehead atoms. The molecule has 0 saturated carbocycles. The summed E-state index contributed by atoms with van der Waals surface area (Å²) in [5.41, 5.74) is 1.00. The standard InChI is InChI=1S/C13H13NO2/c1-14(13(15)16)9-10-6-7-11-4-2-3-5-12(11)8-10/h2-8H,9H2,1H3,(H,15,16). The maximum Gasteiger partial charge on any atom is 0.407 e. The van der Waals surface area contributed by atoms with Crippen LogP contribution in [0.4, 0.5) is 4.79 Å². The van der Waals surface area contributed by atoms with Gasteiger partial charge in [0.05, 0.1) is 0 Å². The minimum absolute atomic E-state index is 0.417. The predicted octanol–water partition coefficient (Wildman–Crippen LogP) is 2.95. The fourth-order valence-electron chi connectivity index (χ4n) is 1.68. The van der Waals surface area contributed by atoms with Crippen LogP contribution in [-0.2, 0) is 6.54 Å². The molecular weight excluding hydrogens is 202 g/mol. The van der Waals surface area contributed by atoms with Gasteiger partial charge in [0.15, 0.2) is 0 Å². The molecule has 0 heterocycles. The molecule has 2 aromatic carbocycles. The normalized spacial score (nSPS) is 10.3. The lowest BCUT2D eigenvalue weighted by Crippen LogP contribution is -2.23. The van der Waals surface area contributed by atoms with Gasteiger partial charge in [-0.15, -0.1) is 0 Å². The molecule has 1 amide bonds. The summed E-state index contributed by atoms with van der Waals surface area (Å²) in [5, 5.41) is 11.1. The Morgan fingerprint density at radius 2 is 1.88 bits per heavy atom. The van der Waals surface area contributed by atoms with Crippen LogP contribution in [0.1, 0.15) is 5.56 Å². The second-order valence-electron chi connectivity index (χ2n) is 3.82. The highest BCUT2D eigenvalue weighted by atomic mass is 16.4. The molecule has 0 saturated heterocycles. The minimum atomic E-state index is -0.909. The number of carboxylic acid groups (broad SMARTS) is 1. The second kappa shape index (κ2) is 4.23. The Bertz CT molecular complexity index is 522. The van der Waals surface area contributed by atoms with E-state index in [1.165, 1.54) is 10.3 Å². The van der Waals surface area contributed by atoms with Gasteiger partial charge >= 0.3 is 6.09 Å². The Kier molecular flexibility index (Phi) is 2.77. The zero-order chi connectivity index (χ0) is 11.5. The van der Waals surface area contributed by atoms with Crippen LogP contribution in [0.5, 0.6) is 0 Å². The quantitative estimate of drug-likeness (QED) is 0.836. The van der Waals surface area contributed by atoms with Crippen molar-refractivity contribution in [2.75, 3.05) is 7.05 Å². The molecule has 0 atom stereocenters. The summed E-state index contributed by atoms with van der Waals surface area (Å²) < 4.78 is 0. The minimum Gasteiger partial charge on any atom is -0.465 e. The maximum atomic E-state index is 10.7. The highest BCUT2D eigenvalue weighted by Crippen LogP contribution is 2.16. The van der Waals surface area contributed by atoms with Crippen molar-refractivity contribution in [2.45, 2.75) is 6.54 Å². The third-order valence-corrected chi connectivity index (χ3v) is 2.56. The van der Waals surface area contributed by atoms with Crippen molar-refractivity contribution < 1.29 is 9.90 Å². The Morgan fingerprint density at radius 1 is 1.19 bits per heavy atom. The van der Waals surface area contributed by atoms with Crippen molar-refractivity contribution in [1.29, 1.82) is 0 Å². The molecule has 0 aliphatic heterocycles. The third-order valence-electron chi connectivity index (χ3n) is 2.56. The highest BCUT2D eigenvalue weighted by molar-refractivity contribution is 5.83. The first-order valence-corrected chi connectivity index (χ1v) is 5.08. The van der Waals surface area contributed by atoms with Crippen molar-refractivity contribution in [1.82, 2.24) is 4.90 Å². The van der Waals surface area contributed by atoms with E-state index in [0.717, 1.165) is 10.9 Å². The molecule has 0 aromatic heterocycles. The first kappa shape index (κ1) is 10.5. The van der Waals surface area contributed by atoms with E-state index in [4.69, 9.17) is 5.11 Å². The molecule has 3 nitrogen and oxygen atoms in total. The average Bonchev–Trinajstić information content (AvgIpc) is 2.28. The summed E-state index contributed by atoms with van der Waals surface area (Å²) in [5.74, 6) is 0. The summed E-state index contributed by atoms with van der Waals surface area (Å²) >= 11 is 0. The number of fused-ring (bicyclic) bond motifs is 1. The van der Waals surface area contributed by atoms with Gasteiger partial charge in [0, 0.05) is 13.6 Å². The van der Waals surface area contributed by atoms with Gasteiger partial charge in [0.1, 0.15) is 0 Å². The van der Waals surface area contributed by atoms with E-state index in [2.05, 4.69) is 0 Å². The van der Waals surface area contributed by atoms with Gasteiger partial charge in [0.2, 0.25) is 0 Å². The fourth-order valence-corrected chi connectivity index (χ4v) is 1.68. The molecule has 0 radical (unpaired) electrons. The van der Waals surface area contributed by atoms with Gasteiger partial charge in [-0.1, -0.05) is 36.4 Å². The zero-order valence-corrected chi connectivity index (χ0v) is 9.05. The average molecular weight is 215 g/mol. The monoisotopic (exact) mass is 215 g/mol. The number of amides is 1. The van der Waals surface area contributed by atoms with E-state index >= 15 is 0 Å². The third kappa shape index (κ3) is 2.14. The Balaban J connectivity index is 2.29. The van der Waals surface area contributed by atoms with E-state index in [0.29, 0.717) is 6.54 Å². The molecule has 82 valence electrons. The van der Waals surface area contributed by atoms with Gasteiger partial charge in [-0.3, -0.25) is 0 Å². The lowest BCUT2D eigenvalue weighted by Gasteiger charge is -2.13. The van der Waals surface area contributed by atoms with Gasteiger partial charge < -0.3 is 10.0 Å². The van der Waals surface area contributed by atoms with Gasteiger partial charge in [-0.2, -0.15) is 0 Å². The topological polar surface area (TPSA) is 40.5 Å². The van der Waals surface area contributed by atoms with Crippen LogP contribution in [0.2, 0.25) is 0 Å². The number of carbonyl (C=O) groups is 1. The van der Waals surface area contributed by atoms with E-state index in [-0.39, 0.29) is 0 Å². The van der Waals surface area contributed by atoms with Crippen LogP contribution in [0, 0.1) is 0 Å². The molecule has 0 spiro atoms. The van der Waals surface area contributed by atoms with Gasteiger partial charge in [-0.05, 0) is 22.4 Å². The zero-order valence-electron chi connectivity index (χ0n) is 9.05. The summed E-state index contributed by atoms with van der Waals surface area (Å²) in [7, 11) is 1.57. The van der Waals surface area contributed by atoms with Crippen molar-refractivity contribution in [3.8, 4) is 0 Å². The number of rotatable bonds is 2. The van der Waals surface area contributed by atoms with Crippen molar-refractivity contribution in [3.63, 3.8) is 0 Å². The van der Waals surface area contributed by atoms with Crippen LogP contribution < -0.4 is 0 Å². The molecule has 0 aliphatic rings. The van der Waals surface area contributed by atoms with Crippen LogP contribution in [0.15, 0.2) is 42.5 Å². The predicted molar refractivity (Wildman–Crippen MR) is 63.4 cm³/mol. The summed E-state index contributed by atoms with van der Waals surface area (Å²) in [4.78, 5) is 12.0. The van der Waals surface area contributed by atoms with Crippen molar-refractivity contribution in [3.05, 3.63) is 48.0 Å². The highest BCUT2D eigenvalue weighted by Gasteiger charge is 2.06. The maximum absolute atomic E-state index is 10.7. The van der Waals surface area contributed by atoms with Crippen molar-refractivity contribution in [2.24, 2.45) is 0 Å². The van der Waals surface area contributed by atoms with E-state index < -0.39 is 6.09 Å². The van der Waals surface area contributed by atoms with Crippen molar-refractivity contribution >= 4 is 16.9 Å². The number of hydrogen-bond donors (Lipinski definition) is 1. The number of benzene rings is 2. The summed E-state index contributed by atoms with van der Waals surface area (Å²) in [6.07, 6.45) is -0.909. The first-order valence-electron chi connectivity index (χ1n) is 5.08. The Hall–Kier alpha value is -2.03. The SMILES string of the molecule is CN(Cc1ccc2ccccc2c1)C(=O)O.